The number of ether oxygens (including phenoxy) is 2. The highest BCUT2D eigenvalue weighted by atomic mass is 35.5. The van der Waals surface area contributed by atoms with Gasteiger partial charge in [0.1, 0.15) is 23.7 Å². The van der Waals surface area contributed by atoms with Crippen molar-refractivity contribution in [1.82, 2.24) is 14.9 Å². The van der Waals surface area contributed by atoms with Gasteiger partial charge in [0.2, 0.25) is 5.91 Å². The van der Waals surface area contributed by atoms with Crippen LogP contribution in [0.25, 0.3) is 10.9 Å². The van der Waals surface area contributed by atoms with Crippen LogP contribution in [0.2, 0.25) is 5.02 Å². The Labute approximate surface area is 226 Å². The third-order valence-corrected chi connectivity index (χ3v) is 7.28. The average molecular weight is 540 g/mol. The number of rotatable bonds is 10. The molecule has 1 aliphatic carbocycles. The molecule has 1 aromatic heterocycles. The summed E-state index contributed by atoms with van der Waals surface area (Å²) in [5.74, 6) is 0.316. The zero-order valence-corrected chi connectivity index (χ0v) is 22.0. The van der Waals surface area contributed by atoms with E-state index in [1.165, 1.54) is 18.5 Å². The van der Waals surface area contributed by atoms with Crippen molar-refractivity contribution in [2.45, 2.75) is 44.2 Å². The minimum Gasteiger partial charge on any atom is -0.488 e. The van der Waals surface area contributed by atoms with E-state index in [0.717, 1.165) is 38.6 Å². The van der Waals surface area contributed by atoms with E-state index in [9.17, 15) is 9.18 Å². The van der Waals surface area contributed by atoms with Crippen LogP contribution in [-0.2, 0) is 9.53 Å². The first-order valence-electron chi connectivity index (χ1n) is 12.9. The number of fused-ring (bicyclic) bond motifs is 1. The van der Waals surface area contributed by atoms with Crippen LogP contribution in [0.4, 0.5) is 21.6 Å². The molecule has 1 saturated heterocycles. The molecular weight excluding hydrogens is 509 g/mol. The maximum atomic E-state index is 13.6. The van der Waals surface area contributed by atoms with E-state index in [-0.39, 0.29) is 17.0 Å². The summed E-state index contributed by atoms with van der Waals surface area (Å²) in [7, 11) is 1.72. The van der Waals surface area contributed by atoms with E-state index < -0.39 is 5.82 Å². The molecule has 0 bridgehead atoms. The number of benzene rings is 2. The number of anilines is 3. The fraction of sp³-hybridized carbons (Fsp3) is 0.393. The standard InChI is InChI=1S/C28H31ClFN5O3/c1-37-16-19-5-3-11-35(19)12-4-8-27(36)34-25-14-21-24(15-26(25)38-20-6-2-7-20)31-17-32-28(21)33-18-9-10-23(30)22(29)13-18/h4,8-10,13-15,17,19-20H,2-3,5-7,11-12,16H2,1H3,(H,34,36)(H,31,32,33)/t19-/m0/s1. The summed E-state index contributed by atoms with van der Waals surface area (Å²) in [6.07, 6.45) is 10.3. The highest BCUT2D eigenvalue weighted by Crippen LogP contribution is 2.36. The Morgan fingerprint density at radius 3 is 2.84 bits per heavy atom. The number of aromatic nitrogens is 2. The Balaban J connectivity index is 1.37. The van der Waals surface area contributed by atoms with Crippen molar-refractivity contribution in [2.75, 3.05) is 37.4 Å². The quantitative estimate of drug-likeness (QED) is 0.319. The summed E-state index contributed by atoms with van der Waals surface area (Å²) >= 11 is 5.95. The number of methoxy groups -OCH3 is 1. The van der Waals surface area contributed by atoms with Crippen LogP contribution in [0.5, 0.6) is 5.75 Å². The van der Waals surface area contributed by atoms with E-state index in [0.29, 0.717) is 53.0 Å². The molecule has 2 fully saturated rings. The van der Waals surface area contributed by atoms with Gasteiger partial charge in [0.05, 0.1) is 28.9 Å². The molecule has 200 valence electrons. The average Bonchev–Trinajstić information content (AvgIpc) is 3.31. The van der Waals surface area contributed by atoms with Crippen molar-refractivity contribution in [3.8, 4) is 5.75 Å². The Morgan fingerprint density at radius 2 is 2.08 bits per heavy atom. The van der Waals surface area contributed by atoms with E-state index in [4.69, 9.17) is 21.1 Å². The van der Waals surface area contributed by atoms with Gasteiger partial charge in [0.25, 0.3) is 0 Å². The second kappa shape index (κ2) is 12.1. The van der Waals surface area contributed by atoms with E-state index in [1.807, 2.05) is 12.1 Å². The van der Waals surface area contributed by atoms with Crippen molar-refractivity contribution in [3.05, 3.63) is 59.7 Å². The van der Waals surface area contributed by atoms with Crippen molar-refractivity contribution in [1.29, 1.82) is 0 Å². The van der Waals surface area contributed by atoms with Gasteiger partial charge in [-0.15, -0.1) is 0 Å². The van der Waals surface area contributed by atoms with Crippen molar-refractivity contribution < 1.29 is 18.7 Å². The molecule has 2 N–H and O–H groups in total. The zero-order chi connectivity index (χ0) is 26.5. The van der Waals surface area contributed by atoms with Crippen LogP contribution in [0.1, 0.15) is 32.1 Å². The summed E-state index contributed by atoms with van der Waals surface area (Å²) in [6, 6.07) is 8.36. The molecule has 5 rings (SSSR count). The molecule has 10 heteroatoms. The number of nitrogens with zero attached hydrogens (tertiary/aromatic N) is 3. The van der Waals surface area contributed by atoms with Crippen LogP contribution >= 0.6 is 11.6 Å². The maximum Gasteiger partial charge on any atom is 0.248 e. The van der Waals surface area contributed by atoms with Gasteiger partial charge in [-0.25, -0.2) is 14.4 Å². The van der Waals surface area contributed by atoms with Crippen molar-refractivity contribution in [2.24, 2.45) is 0 Å². The molecule has 1 saturated carbocycles. The molecule has 2 heterocycles. The predicted molar refractivity (Wildman–Crippen MR) is 147 cm³/mol. The second-order valence-electron chi connectivity index (χ2n) is 9.65. The normalized spacial score (nSPS) is 18.1. The van der Waals surface area contributed by atoms with Gasteiger partial charge in [-0.05, 0) is 62.9 Å². The van der Waals surface area contributed by atoms with Gasteiger partial charge >= 0.3 is 0 Å². The molecular formula is C28H31ClFN5O3. The molecule has 0 unspecified atom stereocenters. The molecule has 2 aliphatic rings. The Bertz CT molecular complexity index is 1330. The largest absolute Gasteiger partial charge is 0.488 e. The van der Waals surface area contributed by atoms with Crippen LogP contribution in [0, 0.1) is 5.82 Å². The minimum absolute atomic E-state index is 0.00626. The van der Waals surface area contributed by atoms with Crippen LogP contribution in [-0.4, -0.2) is 59.7 Å². The smallest absolute Gasteiger partial charge is 0.248 e. The summed E-state index contributed by atoms with van der Waals surface area (Å²) < 4.78 is 25.1. The number of hydrogen-bond acceptors (Lipinski definition) is 7. The molecule has 3 aromatic rings. The molecule has 0 spiro atoms. The van der Waals surface area contributed by atoms with Gasteiger partial charge < -0.3 is 20.1 Å². The third kappa shape index (κ3) is 6.23. The SMILES string of the molecule is COC[C@@H]1CCCN1CC=CC(=O)Nc1cc2c(Nc3ccc(F)c(Cl)c3)ncnc2cc1OC1CCC1. The molecule has 8 nitrogen and oxygen atoms in total. The van der Waals surface area contributed by atoms with Crippen molar-refractivity contribution in [3.63, 3.8) is 0 Å². The summed E-state index contributed by atoms with van der Waals surface area (Å²) in [4.78, 5) is 24.0. The number of likely N-dealkylation sites (tertiary alicyclic amines) is 1. The van der Waals surface area contributed by atoms with Gasteiger partial charge in [0, 0.05) is 42.9 Å². The molecule has 1 atom stereocenters. The van der Waals surface area contributed by atoms with E-state index in [1.54, 1.807) is 25.3 Å². The lowest BCUT2D eigenvalue weighted by atomic mass is 9.96. The molecule has 1 aliphatic heterocycles. The first-order chi connectivity index (χ1) is 18.5. The van der Waals surface area contributed by atoms with E-state index >= 15 is 0 Å². The van der Waals surface area contributed by atoms with Crippen LogP contribution in [0.3, 0.4) is 0 Å². The fourth-order valence-corrected chi connectivity index (χ4v) is 4.92. The Kier molecular flexibility index (Phi) is 8.36. The molecule has 0 radical (unpaired) electrons. The monoisotopic (exact) mass is 539 g/mol. The maximum absolute atomic E-state index is 13.6. The first-order valence-corrected chi connectivity index (χ1v) is 13.3. The molecule has 38 heavy (non-hydrogen) atoms. The summed E-state index contributed by atoms with van der Waals surface area (Å²) in [5, 5.41) is 6.83. The highest BCUT2D eigenvalue weighted by Gasteiger charge is 2.24. The molecule has 2 aromatic carbocycles. The number of amides is 1. The lowest BCUT2D eigenvalue weighted by Crippen LogP contribution is -2.33. The first kappa shape index (κ1) is 26.3. The number of hydrogen-bond donors (Lipinski definition) is 2. The van der Waals surface area contributed by atoms with Gasteiger partial charge in [-0.2, -0.15) is 0 Å². The van der Waals surface area contributed by atoms with Gasteiger partial charge in [0.15, 0.2) is 0 Å². The van der Waals surface area contributed by atoms with Crippen LogP contribution in [0.15, 0.2) is 48.8 Å². The summed E-state index contributed by atoms with van der Waals surface area (Å²) in [5.41, 5.74) is 1.76. The molecule has 1 amide bonds. The van der Waals surface area contributed by atoms with E-state index in [2.05, 4.69) is 25.5 Å². The minimum atomic E-state index is -0.500. The topological polar surface area (TPSA) is 88.6 Å². The summed E-state index contributed by atoms with van der Waals surface area (Å²) in [6.45, 7) is 2.38. The van der Waals surface area contributed by atoms with Crippen LogP contribution < -0.4 is 15.4 Å². The number of nitrogens with one attached hydrogen (secondary N) is 2. The number of carbonyl (C=O) groups is 1. The number of halogens is 2. The lowest BCUT2D eigenvalue weighted by Gasteiger charge is -2.27. The fourth-order valence-electron chi connectivity index (χ4n) is 4.74. The second-order valence-corrected chi connectivity index (χ2v) is 10.1. The number of carbonyl (C=O) groups excluding carboxylic acids is 1. The zero-order valence-electron chi connectivity index (χ0n) is 21.3. The highest BCUT2D eigenvalue weighted by molar-refractivity contribution is 6.31. The van der Waals surface area contributed by atoms with Gasteiger partial charge in [-0.1, -0.05) is 17.7 Å². The Morgan fingerprint density at radius 1 is 1.21 bits per heavy atom. The Hall–Kier alpha value is -3.27. The third-order valence-electron chi connectivity index (χ3n) is 6.99. The lowest BCUT2D eigenvalue weighted by molar-refractivity contribution is -0.111. The van der Waals surface area contributed by atoms with Gasteiger partial charge in [-0.3, -0.25) is 9.69 Å². The predicted octanol–water partition coefficient (Wildman–Crippen LogP) is 5.70. The van der Waals surface area contributed by atoms with Crippen molar-refractivity contribution >= 4 is 45.6 Å².